The van der Waals surface area contributed by atoms with Crippen LogP contribution in [-0.2, 0) is 4.79 Å². The fourth-order valence-corrected chi connectivity index (χ4v) is 1.90. The number of hydrogen-bond donors (Lipinski definition) is 2. The summed E-state index contributed by atoms with van der Waals surface area (Å²) in [5, 5.41) is 6.16. The Morgan fingerprint density at radius 1 is 1.05 bits per heavy atom. The summed E-state index contributed by atoms with van der Waals surface area (Å²) in [6, 6.07) is 14.1. The van der Waals surface area contributed by atoms with Gasteiger partial charge in [0.1, 0.15) is 5.82 Å². The van der Waals surface area contributed by atoms with Crippen LogP contribution in [-0.4, -0.2) is 10.9 Å². The maximum absolute atomic E-state index is 11.6. The predicted molar refractivity (Wildman–Crippen MR) is 86.2 cm³/mol. The van der Waals surface area contributed by atoms with Crippen molar-refractivity contribution in [2.45, 2.75) is 26.8 Å². The molecule has 4 heteroatoms. The van der Waals surface area contributed by atoms with Gasteiger partial charge in [0.2, 0.25) is 5.91 Å². The van der Waals surface area contributed by atoms with Crippen LogP contribution in [0.3, 0.4) is 0 Å². The molecule has 0 saturated carbocycles. The molecule has 0 aliphatic heterocycles. The van der Waals surface area contributed by atoms with Gasteiger partial charge in [-0.2, -0.15) is 0 Å². The van der Waals surface area contributed by atoms with Crippen LogP contribution in [0.5, 0.6) is 0 Å². The molecule has 0 radical (unpaired) electrons. The predicted octanol–water partition coefficient (Wildman–Crippen LogP) is 3.85. The van der Waals surface area contributed by atoms with E-state index in [4.69, 9.17) is 0 Å². The van der Waals surface area contributed by atoms with Gasteiger partial charge in [0.05, 0.1) is 11.9 Å². The van der Waals surface area contributed by atoms with E-state index in [9.17, 15) is 4.79 Å². The fourth-order valence-electron chi connectivity index (χ4n) is 1.90. The zero-order chi connectivity index (χ0) is 15.2. The molecule has 1 atom stereocenters. The molecule has 2 N–H and O–H groups in total. The molecule has 1 aromatic heterocycles. The van der Waals surface area contributed by atoms with E-state index in [2.05, 4.69) is 34.7 Å². The molecular weight excluding hydrogens is 262 g/mol. The summed E-state index contributed by atoms with van der Waals surface area (Å²) < 4.78 is 0. The number of anilines is 2. The highest BCUT2D eigenvalue weighted by molar-refractivity contribution is 5.91. The summed E-state index contributed by atoms with van der Waals surface area (Å²) >= 11 is 0. The molecule has 1 amide bonds. The molecule has 0 saturated heterocycles. The molecule has 21 heavy (non-hydrogen) atoms. The minimum absolute atomic E-state index is 0.0270. The smallest absolute Gasteiger partial charge is 0.228 e. The lowest BCUT2D eigenvalue weighted by Gasteiger charge is -2.15. The third-order valence-electron chi connectivity index (χ3n) is 3.22. The van der Waals surface area contributed by atoms with E-state index >= 15 is 0 Å². The van der Waals surface area contributed by atoms with Gasteiger partial charge in [-0.15, -0.1) is 0 Å². The molecule has 2 rings (SSSR count). The number of pyridine rings is 1. The third-order valence-corrected chi connectivity index (χ3v) is 3.22. The molecular formula is C17H21N3O. The molecule has 0 fully saturated rings. The van der Waals surface area contributed by atoms with Crippen LogP contribution in [0.2, 0.25) is 0 Å². The second-order valence-corrected chi connectivity index (χ2v) is 5.35. The molecule has 1 unspecified atom stereocenters. The Labute approximate surface area is 125 Å². The van der Waals surface area contributed by atoms with Crippen LogP contribution in [0.1, 0.15) is 32.4 Å². The average molecular weight is 283 g/mol. The van der Waals surface area contributed by atoms with Gasteiger partial charge in [0.15, 0.2) is 0 Å². The Hall–Kier alpha value is -2.36. The lowest BCUT2D eigenvalue weighted by molar-refractivity contribution is -0.118. The maximum atomic E-state index is 11.6. The van der Waals surface area contributed by atoms with Gasteiger partial charge in [-0.1, -0.05) is 44.2 Å². The van der Waals surface area contributed by atoms with Crippen molar-refractivity contribution in [3.05, 3.63) is 54.2 Å². The van der Waals surface area contributed by atoms with Gasteiger partial charge in [-0.25, -0.2) is 4.98 Å². The number of benzene rings is 1. The Kier molecular flexibility index (Phi) is 4.93. The van der Waals surface area contributed by atoms with Crippen LogP contribution in [0.15, 0.2) is 48.7 Å². The highest BCUT2D eigenvalue weighted by atomic mass is 16.1. The average Bonchev–Trinajstić information content (AvgIpc) is 2.50. The first-order valence-corrected chi connectivity index (χ1v) is 7.14. The van der Waals surface area contributed by atoms with Crippen molar-refractivity contribution >= 4 is 17.4 Å². The van der Waals surface area contributed by atoms with E-state index in [1.165, 1.54) is 5.56 Å². The molecule has 0 bridgehead atoms. The van der Waals surface area contributed by atoms with Crippen LogP contribution in [0.4, 0.5) is 11.5 Å². The Morgan fingerprint density at radius 3 is 2.33 bits per heavy atom. The van der Waals surface area contributed by atoms with Gasteiger partial charge in [0, 0.05) is 12.0 Å². The Morgan fingerprint density at radius 2 is 1.76 bits per heavy atom. The normalized spacial score (nSPS) is 12.0. The summed E-state index contributed by atoms with van der Waals surface area (Å²) in [5.74, 6) is 0.496. The molecule has 4 nitrogen and oxygen atoms in total. The lowest BCUT2D eigenvalue weighted by Crippen LogP contribution is -2.18. The molecule has 2 aromatic rings. The highest BCUT2D eigenvalue weighted by Crippen LogP contribution is 2.19. The van der Waals surface area contributed by atoms with Gasteiger partial charge in [0.25, 0.3) is 0 Å². The van der Waals surface area contributed by atoms with Crippen molar-refractivity contribution in [2.75, 3.05) is 10.6 Å². The maximum Gasteiger partial charge on any atom is 0.228 e. The number of nitrogens with one attached hydrogen (secondary N) is 2. The van der Waals surface area contributed by atoms with E-state index in [1.54, 1.807) is 12.3 Å². The molecule has 0 aliphatic carbocycles. The van der Waals surface area contributed by atoms with E-state index in [0.717, 1.165) is 5.69 Å². The summed E-state index contributed by atoms with van der Waals surface area (Å²) in [6.07, 6.45) is 1.73. The number of carbonyl (C=O) groups excluding carboxylic acids is 1. The first-order chi connectivity index (χ1) is 10.1. The van der Waals surface area contributed by atoms with E-state index in [1.807, 2.05) is 38.1 Å². The summed E-state index contributed by atoms with van der Waals surface area (Å²) in [6.45, 7) is 5.81. The third kappa shape index (κ3) is 4.31. The number of hydrogen-bond acceptors (Lipinski definition) is 3. The number of nitrogens with zero attached hydrogens (tertiary/aromatic N) is 1. The zero-order valence-electron chi connectivity index (χ0n) is 12.6. The first kappa shape index (κ1) is 15.0. The number of rotatable bonds is 5. The second-order valence-electron chi connectivity index (χ2n) is 5.35. The molecule has 0 aliphatic rings. The van der Waals surface area contributed by atoms with Crippen LogP contribution in [0, 0.1) is 5.92 Å². The number of aromatic nitrogens is 1. The van der Waals surface area contributed by atoms with Crippen LogP contribution in [0.25, 0.3) is 0 Å². The SMILES string of the molecule is CC(C)C(=O)Nc1ccc(NC(C)c2ccccc2)cn1. The topological polar surface area (TPSA) is 54.0 Å². The Balaban J connectivity index is 1.98. The largest absolute Gasteiger partial charge is 0.377 e. The number of amides is 1. The second kappa shape index (κ2) is 6.88. The van der Waals surface area contributed by atoms with Crippen molar-refractivity contribution < 1.29 is 4.79 Å². The number of carbonyl (C=O) groups is 1. The van der Waals surface area contributed by atoms with Crippen LogP contribution < -0.4 is 10.6 Å². The first-order valence-electron chi connectivity index (χ1n) is 7.14. The van der Waals surface area contributed by atoms with Gasteiger partial charge in [-0.3, -0.25) is 4.79 Å². The van der Waals surface area contributed by atoms with E-state index in [0.29, 0.717) is 5.82 Å². The standard InChI is InChI=1S/C17H21N3O/c1-12(2)17(21)20-16-10-9-15(11-18-16)19-13(3)14-7-5-4-6-8-14/h4-13,19H,1-3H3,(H,18,20,21). The summed E-state index contributed by atoms with van der Waals surface area (Å²) in [5.41, 5.74) is 2.14. The molecule has 110 valence electrons. The zero-order valence-corrected chi connectivity index (χ0v) is 12.6. The summed E-state index contributed by atoms with van der Waals surface area (Å²) in [4.78, 5) is 15.8. The van der Waals surface area contributed by atoms with Crippen molar-refractivity contribution in [1.82, 2.24) is 4.98 Å². The van der Waals surface area contributed by atoms with Gasteiger partial charge >= 0.3 is 0 Å². The van der Waals surface area contributed by atoms with E-state index < -0.39 is 0 Å². The highest BCUT2D eigenvalue weighted by Gasteiger charge is 2.08. The minimum Gasteiger partial charge on any atom is -0.377 e. The van der Waals surface area contributed by atoms with E-state index in [-0.39, 0.29) is 17.9 Å². The van der Waals surface area contributed by atoms with Gasteiger partial charge in [-0.05, 0) is 24.6 Å². The Bertz CT molecular complexity index is 579. The fraction of sp³-hybridized carbons (Fsp3) is 0.294. The summed E-state index contributed by atoms with van der Waals surface area (Å²) in [7, 11) is 0. The van der Waals surface area contributed by atoms with Crippen LogP contribution >= 0.6 is 0 Å². The van der Waals surface area contributed by atoms with Crippen molar-refractivity contribution in [3.63, 3.8) is 0 Å². The van der Waals surface area contributed by atoms with Crippen molar-refractivity contribution in [1.29, 1.82) is 0 Å². The quantitative estimate of drug-likeness (QED) is 0.876. The minimum atomic E-state index is -0.0531. The molecule has 1 aromatic carbocycles. The van der Waals surface area contributed by atoms with Crippen molar-refractivity contribution in [2.24, 2.45) is 5.92 Å². The monoisotopic (exact) mass is 283 g/mol. The molecule has 0 spiro atoms. The van der Waals surface area contributed by atoms with Gasteiger partial charge < -0.3 is 10.6 Å². The molecule has 1 heterocycles. The van der Waals surface area contributed by atoms with Crippen molar-refractivity contribution in [3.8, 4) is 0 Å². The lowest BCUT2D eigenvalue weighted by atomic mass is 10.1.